The van der Waals surface area contributed by atoms with Gasteiger partial charge in [0.15, 0.2) is 0 Å². The van der Waals surface area contributed by atoms with Gasteiger partial charge in [-0.1, -0.05) is 44.1 Å². The van der Waals surface area contributed by atoms with Gasteiger partial charge in [0.05, 0.1) is 18.1 Å². The molecule has 1 aromatic carbocycles. The monoisotopic (exact) mass is 286 g/mol. The van der Waals surface area contributed by atoms with Crippen LogP contribution in [0.15, 0.2) is 39.5 Å². The van der Waals surface area contributed by atoms with E-state index in [1.54, 1.807) is 6.26 Å². The molecular weight excluding hydrogens is 268 g/mol. The topological polar surface area (TPSA) is 72.3 Å². The van der Waals surface area contributed by atoms with Crippen molar-refractivity contribution in [3.63, 3.8) is 0 Å². The Hall–Kier alpha value is -2.14. The number of rotatable bonds is 3. The van der Waals surface area contributed by atoms with E-state index in [2.05, 4.69) is 10.1 Å². The maximum atomic E-state index is 10.1. The number of fused-ring (bicyclic) bond motifs is 1. The molecule has 5 heteroatoms. The highest BCUT2D eigenvalue weighted by molar-refractivity contribution is 5.91. The van der Waals surface area contributed by atoms with E-state index < -0.39 is 6.10 Å². The molecule has 0 fully saturated rings. The molecule has 3 rings (SSSR count). The number of hydrogen-bond acceptors (Lipinski definition) is 5. The SMILES string of the molecule is CC(C)(C)C(O)Cc1nc(-c2coc3ccccc23)no1. The van der Waals surface area contributed by atoms with Crippen LogP contribution in [0.25, 0.3) is 22.4 Å². The summed E-state index contributed by atoms with van der Waals surface area (Å²) in [5, 5.41) is 15.0. The van der Waals surface area contributed by atoms with Crippen molar-refractivity contribution in [1.29, 1.82) is 0 Å². The normalized spacial score (nSPS) is 13.7. The van der Waals surface area contributed by atoms with Gasteiger partial charge in [-0.15, -0.1) is 0 Å². The minimum atomic E-state index is -0.535. The lowest BCUT2D eigenvalue weighted by atomic mass is 9.87. The summed E-state index contributed by atoms with van der Waals surface area (Å²) < 4.78 is 10.7. The van der Waals surface area contributed by atoms with Crippen molar-refractivity contribution < 1.29 is 14.0 Å². The zero-order chi connectivity index (χ0) is 15.0. The first-order valence-electron chi connectivity index (χ1n) is 6.92. The van der Waals surface area contributed by atoms with Crippen molar-refractivity contribution >= 4 is 11.0 Å². The second kappa shape index (κ2) is 5.00. The predicted molar refractivity (Wildman–Crippen MR) is 78.7 cm³/mol. The number of para-hydroxylation sites is 1. The fourth-order valence-electron chi connectivity index (χ4n) is 2.07. The molecule has 2 aromatic heterocycles. The number of benzene rings is 1. The van der Waals surface area contributed by atoms with Crippen LogP contribution in [0, 0.1) is 5.41 Å². The molecule has 1 N–H and O–H groups in total. The number of aromatic nitrogens is 2. The highest BCUT2D eigenvalue weighted by atomic mass is 16.5. The van der Waals surface area contributed by atoms with Gasteiger partial charge in [-0.05, 0) is 11.5 Å². The molecule has 0 radical (unpaired) electrons. The van der Waals surface area contributed by atoms with Crippen molar-refractivity contribution in [3.05, 3.63) is 36.4 Å². The van der Waals surface area contributed by atoms with Crippen LogP contribution < -0.4 is 0 Å². The summed E-state index contributed by atoms with van der Waals surface area (Å²) in [7, 11) is 0. The summed E-state index contributed by atoms with van der Waals surface area (Å²) in [6.07, 6.45) is 1.43. The average molecular weight is 286 g/mol. The quantitative estimate of drug-likeness (QED) is 0.798. The molecule has 1 atom stereocenters. The highest BCUT2D eigenvalue weighted by Gasteiger charge is 2.25. The summed E-state index contributed by atoms with van der Waals surface area (Å²) in [5.41, 5.74) is 1.36. The van der Waals surface area contributed by atoms with E-state index in [9.17, 15) is 5.11 Å². The maximum absolute atomic E-state index is 10.1. The molecule has 3 aromatic rings. The van der Waals surface area contributed by atoms with E-state index in [0.29, 0.717) is 18.1 Å². The lowest BCUT2D eigenvalue weighted by Crippen LogP contribution is -2.28. The van der Waals surface area contributed by atoms with Crippen molar-refractivity contribution in [2.75, 3.05) is 0 Å². The fourth-order valence-corrected chi connectivity index (χ4v) is 2.07. The molecule has 21 heavy (non-hydrogen) atoms. The van der Waals surface area contributed by atoms with Crippen LogP contribution in [0.5, 0.6) is 0 Å². The lowest BCUT2D eigenvalue weighted by Gasteiger charge is -2.24. The largest absolute Gasteiger partial charge is 0.464 e. The molecule has 0 aliphatic rings. The van der Waals surface area contributed by atoms with Gasteiger partial charge in [0.2, 0.25) is 11.7 Å². The maximum Gasteiger partial charge on any atom is 0.229 e. The van der Waals surface area contributed by atoms with Crippen LogP contribution in [0.3, 0.4) is 0 Å². The standard InChI is InChI=1S/C16H18N2O3/c1-16(2,3)13(19)8-14-17-15(18-21-14)11-9-20-12-7-5-4-6-10(11)12/h4-7,9,13,19H,8H2,1-3H3. The minimum Gasteiger partial charge on any atom is -0.464 e. The lowest BCUT2D eigenvalue weighted by molar-refractivity contribution is 0.0565. The van der Waals surface area contributed by atoms with Gasteiger partial charge >= 0.3 is 0 Å². The summed E-state index contributed by atoms with van der Waals surface area (Å²) in [6.45, 7) is 5.91. The van der Waals surface area contributed by atoms with Gasteiger partial charge in [-0.2, -0.15) is 4.98 Å². The molecule has 0 bridgehead atoms. The Balaban J connectivity index is 1.88. The average Bonchev–Trinajstić information content (AvgIpc) is 3.03. The van der Waals surface area contributed by atoms with E-state index in [1.807, 2.05) is 45.0 Å². The number of aliphatic hydroxyl groups excluding tert-OH is 1. The molecule has 110 valence electrons. The highest BCUT2D eigenvalue weighted by Crippen LogP contribution is 2.29. The number of furan rings is 1. The van der Waals surface area contributed by atoms with E-state index in [0.717, 1.165) is 16.5 Å². The molecular formula is C16H18N2O3. The minimum absolute atomic E-state index is 0.225. The van der Waals surface area contributed by atoms with Gasteiger partial charge in [-0.3, -0.25) is 0 Å². The summed E-state index contributed by atoms with van der Waals surface area (Å²) in [5.74, 6) is 0.911. The molecule has 2 heterocycles. The van der Waals surface area contributed by atoms with E-state index in [4.69, 9.17) is 8.94 Å². The Morgan fingerprint density at radius 2 is 2.00 bits per heavy atom. The zero-order valence-corrected chi connectivity index (χ0v) is 12.3. The third kappa shape index (κ3) is 2.69. The first kappa shape index (κ1) is 13.8. The van der Waals surface area contributed by atoms with Crippen molar-refractivity contribution in [3.8, 4) is 11.4 Å². The summed E-state index contributed by atoms with van der Waals surface area (Å²) in [6, 6.07) is 7.69. The third-order valence-corrected chi connectivity index (χ3v) is 3.56. The molecule has 0 aliphatic carbocycles. The Bertz CT molecular complexity index is 752. The number of nitrogens with zero attached hydrogens (tertiary/aromatic N) is 2. The predicted octanol–water partition coefficient (Wildman–Crippen LogP) is 3.43. The zero-order valence-electron chi connectivity index (χ0n) is 12.3. The first-order valence-corrected chi connectivity index (χ1v) is 6.92. The summed E-state index contributed by atoms with van der Waals surface area (Å²) >= 11 is 0. The molecule has 0 aliphatic heterocycles. The van der Waals surface area contributed by atoms with Crippen molar-refractivity contribution in [2.45, 2.75) is 33.3 Å². The molecule has 0 saturated carbocycles. The first-order chi connectivity index (χ1) is 9.95. The Kier molecular flexibility index (Phi) is 3.29. The molecule has 5 nitrogen and oxygen atoms in total. The van der Waals surface area contributed by atoms with Crippen molar-refractivity contribution in [2.24, 2.45) is 5.41 Å². The molecule has 0 spiro atoms. The van der Waals surface area contributed by atoms with E-state index >= 15 is 0 Å². The Morgan fingerprint density at radius 3 is 2.76 bits per heavy atom. The second-order valence-corrected chi connectivity index (χ2v) is 6.24. The molecule has 1 unspecified atom stereocenters. The summed E-state index contributed by atoms with van der Waals surface area (Å²) in [4.78, 5) is 4.36. The van der Waals surface area contributed by atoms with Gasteiger partial charge in [0, 0.05) is 5.39 Å². The van der Waals surface area contributed by atoms with Crippen LogP contribution in [0.2, 0.25) is 0 Å². The van der Waals surface area contributed by atoms with Crippen LogP contribution in [-0.4, -0.2) is 21.4 Å². The van der Waals surface area contributed by atoms with E-state index in [1.165, 1.54) is 0 Å². The smallest absolute Gasteiger partial charge is 0.229 e. The number of hydrogen-bond donors (Lipinski definition) is 1. The van der Waals surface area contributed by atoms with Crippen molar-refractivity contribution in [1.82, 2.24) is 10.1 Å². The third-order valence-electron chi connectivity index (χ3n) is 3.56. The number of aliphatic hydroxyl groups is 1. The second-order valence-electron chi connectivity index (χ2n) is 6.24. The van der Waals surface area contributed by atoms with Gasteiger partial charge in [0.25, 0.3) is 0 Å². The van der Waals surface area contributed by atoms with Crippen LogP contribution in [0.4, 0.5) is 0 Å². The van der Waals surface area contributed by atoms with Crippen LogP contribution in [-0.2, 0) is 6.42 Å². The van der Waals surface area contributed by atoms with Crippen LogP contribution >= 0.6 is 0 Å². The fraction of sp³-hybridized carbons (Fsp3) is 0.375. The Labute approximate surface area is 122 Å². The van der Waals surface area contributed by atoms with E-state index in [-0.39, 0.29) is 5.41 Å². The van der Waals surface area contributed by atoms with Gasteiger partial charge in [-0.25, -0.2) is 0 Å². The molecule has 0 saturated heterocycles. The van der Waals surface area contributed by atoms with Gasteiger partial charge in [0.1, 0.15) is 11.8 Å². The molecule has 0 amide bonds. The van der Waals surface area contributed by atoms with Gasteiger partial charge < -0.3 is 14.0 Å². The Morgan fingerprint density at radius 1 is 1.24 bits per heavy atom. The van der Waals surface area contributed by atoms with Crippen LogP contribution in [0.1, 0.15) is 26.7 Å².